The van der Waals surface area contributed by atoms with Gasteiger partial charge in [0.05, 0.1) is 33.8 Å². The van der Waals surface area contributed by atoms with E-state index in [0.717, 1.165) is 109 Å². The molecule has 3 unspecified atom stereocenters. The van der Waals surface area contributed by atoms with Crippen LogP contribution >= 0.6 is 7.82 Å². The molecule has 10 heteroatoms. The number of phosphoric acid groups is 1. The van der Waals surface area contributed by atoms with Gasteiger partial charge in [0.1, 0.15) is 19.3 Å². The van der Waals surface area contributed by atoms with E-state index in [1.165, 1.54) is 77.0 Å². The van der Waals surface area contributed by atoms with E-state index in [0.29, 0.717) is 23.9 Å². The van der Waals surface area contributed by atoms with Crippen LogP contribution in [-0.4, -0.2) is 74.3 Å². The van der Waals surface area contributed by atoms with Crippen LogP contribution < -0.4 is 5.32 Å². The highest BCUT2D eigenvalue weighted by atomic mass is 31.2. The maximum Gasteiger partial charge on any atom is 0.472 e. The number of allylic oxidation sites excluding steroid dienone is 15. The lowest BCUT2D eigenvalue weighted by Gasteiger charge is -2.27. The Hall–Kier alpha value is -3.07. The molecule has 3 atom stereocenters. The highest BCUT2D eigenvalue weighted by molar-refractivity contribution is 7.47. The zero-order valence-electron chi connectivity index (χ0n) is 46.4. The zero-order valence-corrected chi connectivity index (χ0v) is 47.3. The van der Waals surface area contributed by atoms with Gasteiger partial charge < -0.3 is 19.4 Å². The van der Waals surface area contributed by atoms with E-state index in [-0.39, 0.29) is 31.5 Å². The van der Waals surface area contributed by atoms with Gasteiger partial charge >= 0.3 is 13.8 Å². The van der Waals surface area contributed by atoms with E-state index in [9.17, 15) is 19.0 Å². The fraction of sp³-hybridized carbons (Fsp3) is 0.705. The lowest BCUT2D eigenvalue weighted by atomic mass is 10.0. The van der Waals surface area contributed by atoms with Crippen molar-refractivity contribution >= 4 is 19.7 Å². The van der Waals surface area contributed by atoms with E-state index < -0.39 is 20.0 Å². The number of hydrogen-bond donors (Lipinski definition) is 2. The van der Waals surface area contributed by atoms with Gasteiger partial charge in [0.2, 0.25) is 5.91 Å². The highest BCUT2D eigenvalue weighted by Crippen LogP contribution is 2.43. The van der Waals surface area contributed by atoms with Crippen LogP contribution in [0.1, 0.15) is 226 Å². The van der Waals surface area contributed by atoms with Gasteiger partial charge in [-0.05, 0) is 102 Å². The van der Waals surface area contributed by atoms with Gasteiger partial charge in [-0.1, -0.05) is 208 Å². The molecule has 408 valence electrons. The first kappa shape index (κ1) is 67.9. The molecule has 0 aromatic carbocycles. The number of phosphoric ester groups is 1. The molecule has 0 aliphatic heterocycles. The largest absolute Gasteiger partial charge is 0.472 e. The van der Waals surface area contributed by atoms with E-state index in [4.69, 9.17) is 13.8 Å². The van der Waals surface area contributed by atoms with E-state index in [1.54, 1.807) is 0 Å². The Kier molecular flexibility index (Phi) is 48.3. The van der Waals surface area contributed by atoms with E-state index in [2.05, 4.69) is 111 Å². The Morgan fingerprint density at radius 1 is 0.507 bits per heavy atom. The van der Waals surface area contributed by atoms with Gasteiger partial charge in [-0.15, -0.1) is 0 Å². The first-order valence-electron chi connectivity index (χ1n) is 28.6. The van der Waals surface area contributed by atoms with Crippen molar-refractivity contribution in [3.05, 3.63) is 97.2 Å². The van der Waals surface area contributed by atoms with Crippen LogP contribution in [0, 0.1) is 0 Å². The molecule has 0 spiro atoms. The quantitative estimate of drug-likeness (QED) is 0.0205. The summed E-state index contributed by atoms with van der Waals surface area (Å²) in [5.41, 5.74) is 0. The number of carbonyl (C=O) groups is 2. The Bertz CT molecular complexity index is 1540. The second-order valence-corrected chi connectivity index (χ2v) is 21.5. The van der Waals surface area contributed by atoms with Gasteiger partial charge in [-0.3, -0.25) is 18.6 Å². The molecule has 71 heavy (non-hydrogen) atoms. The number of hydrogen-bond acceptors (Lipinski definition) is 6. The van der Waals surface area contributed by atoms with E-state index in [1.807, 2.05) is 33.3 Å². The van der Waals surface area contributed by atoms with Crippen LogP contribution in [0.2, 0.25) is 0 Å². The molecule has 0 fully saturated rings. The average Bonchev–Trinajstić information content (AvgIpc) is 3.33. The molecule has 1 amide bonds. The Labute approximate surface area is 437 Å². The molecule has 0 heterocycles. The second kappa shape index (κ2) is 50.5. The van der Waals surface area contributed by atoms with Crippen LogP contribution in [0.5, 0.6) is 0 Å². The molecule has 0 aromatic heterocycles. The van der Waals surface area contributed by atoms with Crippen LogP contribution in [0.3, 0.4) is 0 Å². The first-order valence-corrected chi connectivity index (χ1v) is 30.1. The fourth-order valence-electron chi connectivity index (χ4n) is 7.59. The molecule has 9 nitrogen and oxygen atoms in total. The third kappa shape index (κ3) is 51.6. The summed E-state index contributed by atoms with van der Waals surface area (Å²) < 4.78 is 30.5. The average molecular weight is 1010 g/mol. The maximum atomic E-state index is 13.5. The minimum absolute atomic E-state index is 0.0244. The molecular formula is C61H108N2O7P+. The van der Waals surface area contributed by atoms with Crippen molar-refractivity contribution in [1.29, 1.82) is 0 Å². The third-order valence-electron chi connectivity index (χ3n) is 12.0. The van der Waals surface area contributed by atoms with Crippen molar-refractivity contribution in [2.45, 2.75) is 238 Å². The summed E-state index contributed by atoms with van der Waals surface area (Å²) in [6.45, 7) is 6.80. The number of rotatable bonds is 50. The van der Waals surface area contributed by atoms with Gasteiger partial charge in [-0.25, -0.2) is 4.57 Å². The summed E-state index contributed by atoms with van der Waals surface area (Å²) in [5.74, 6) is -0.592. The molecule has 0 bridgehead atoms. The van der Waals surface area contributed by atoms with Crippen molar-refractivity contribution in [1.82, 2.24) is 5.32 Å². The highest BCUT2D eigenvalue weighted by Gasteiger charge is 2.30. The summed E-state index contributed by atoms with van der Waals surface area (Å²) in [4.78, 5) is 37.6. The zero-order chi connectivity index (χ0) is 52.2. The molecule has 0 aliphatic carbocycles. The number of carbonyl (C=O) groups excluding carboxylic acids is 2. The lowest BCUT2D eigenvalue weighted by Crippen LogP contribution is -2.47. The standard InChI is InChI=1S/C61H107N2O7P/c1-7-10-13-16-19-22-25-28-30-32-34-36-39-42-45-48-51-54-61(65)70-59(52-49-46-43-40-37-27-24-21-18-15-12-9-3)58(57-69-71(66,67)68-56-55-63(4,5)6)62-60(64)53-50-47-44-41-38-35-33-31-29-26-23-20-17-14-11-8-2/h11,14,19-20,22-23,28-31,34,36,42,45,49,52,58-59H,7-10,12-13,15-18,21,24-27,32-33,35,37-41,43-44,46-48,50-51,53-57H2,1-6H3,(H-,62,64,66,67)/p+1/b14-11+,22-19-,23-20+,30-28-,31-29+,36-34-,45-42-,52-49+. The number of nitrogens with one attached hydrogen (secondary N) is 1. The number of amides is 1. The third-order valence-corrected chi connectivity index (χ3v) is 13.0. The van der Waals surface area contributed by atoms with Crippen molar-refractivity contribution in [3.63, 3.8) is 0 Å². The lowest BCUT2D eigenvalue weighted by molar-refractivity contribution is -0.870. The number of unbranched alkanes of at least 4 members (excludes halogenated alkanes) is 20. The molecule has 0 radical (unpaired) electrons. The normalized spacial score (nSPS) is 14.5. The van der Waals surface area contributed by atoms with Gasteiger partial charge in [0.15, 0.2) is 0 Å². The second-order valence-electron chi connectivity index (χ2n) is 20.1. The van der Waals surface area contributed by atoms with Crippen LogP contribution in [0.15, 0.2) is 97.2 Å². The van der Waals surface area contributed by atoms with Crippen LogP contribution in [0.4, 0.5) is 0 Å². The summed E-state index contributed by atoms with van der Waals surface area (Å²) >= 11 is 0. The minimum Gasteiger partial charge on any atom is -0.456 e. The van der Waals surface area contributed by atoms with Gasteiger partial charge in [-0.2, -0.15) is 0 Å². The topological polar surface area (TPSA) is 111 Å². The fourth-order valence-corrected chi connectivity index (χ4v) is 8.33. The number of quaternary nitrogens is 1. The molecule has 0 aromatic rings. The first-order chi connectivity index (χ1) is 34.4. The maximum absolute atomic E-state index is 13.5. The van der Waals surface area contributed by atoms with Crippen molar-refractivity contribution in [3.8, 4) is 0 Å². The Balaban J connectivity index is 5.48. The van der Waals surface area contributed by atoms with Crippen LogP contribution in [0.25, 0.3) is 0 Å². The number of esters is 1. The molecular weight excluding hydrogens is 904 g/mol. The summed E-state index contributed by atoms with van der Waals surface area (Å²) in [7, 11) is 1.44. The number of likely N-dealkylation sites (N-methyl/N-ethyl adjacent to an activating group) is 1. The predicted molar refractivity (Wildman–Crippen MR) is 304 cm³/mol. The Morgan fingerprint density at radius 3 is 1.41 bits per heavy atom. The minimum atomic E-state index is -4.46. The molecule has 0 aliphatic rings. The molecule has 0 rings (SSSR count). The summed E-state index contributed by atoms with van der Waals surface area (Å²) in [6.07, 6.45) is 66.9. The molecule has 2 N–H and O–H groups in total. The van der Waals surface area contributed by atoms with Crippen molar-refractivity contribution in [2.75, 3.05) is 40.9 Å². The monoisotopic (exact) mass is 1010 g/mol. The number of nitrogens with zero attached hydrogens (tertiary/aromatic N) is 1. The van der Waals surface area contributed by atoms with Crippen LogP contribution in [-0.2, 0) is 27.9 Å². The van der Waals surface area contributed by atoms with Gasteiger partial charge in [0.25, 0.3) is 0 Å². The Morgan fingerprint density at radius 2 is 0.915 bits per heavy atom. The summed E-state index contributed by atoms with van der Waals surface area (Å²) in [6, 6.07) is -0.882. The van der Waals surface area contributed by atoms with E-state index >= 15 is 0 Å². The smallest absolute Gasteiger partial charge is 0.456 e. The van der Waals surface area contributed by atoms with Crippen molar-refractivity contribution in [2.24, 2.45) is 0 Å². The predicted octanol–water partition coefficient (Wildman–Crippen LogP) is 17.2. The molecule has 0 saturated heterocycles. The summed E-state index contributed by atoms with van der Waals surface area (Å²) in [5, 5.41) is 3.02. The van der Waals surface area contributed by atoms with Crippen molar-refractivity contribution < 1.29 is 37.3 Å². The SMILES string of the molecule is CC/C=C/C/C=C/C/C=C/CCCCCCCCC(=O)NC(COP(=O)(O)OCC[N+](C)(C)C)C(/C=C/CCCCCCCCCCCC)OC(=O)CCC/C=C\C/C=C\C/C=C\C/C=C\CCCCC. The van der Waals surface area contributed by atoms with Gasteiger partial charge in [0, 0.05) is 12.8 Å². The number of ether oxygens (including phenoxy) is 1. The molecule has 0 saturated carbocycles.